The molecule has 272 valence electrons. The number of rotatable bonds is 6. The van der Waals surface area contributed by atoms with Gasteiger partial charge in [0.2, 0.25) is 0 Å². The van der Waals surface area contributed by atoms with Crippen LogP contribution >= 0.6 is 0 Å². The van der Waals surface area contributed by atoms with Crippen molar-refractivity contribution in [1.82, 2.24) is 4.57 Å². The largest absolute Gasteiger partial charge is 0.310 e. The molecule has 11 rings (SSSR count). The lowest BCUT2D eigenvalue weighted by molar-refractivity contribution is 0.420. The number of allylic oxidation sites excluding steroid dienone is 4. The summed E-state index contributed by atoms with van der Waals surface area (Å²) in [5.41, 5.74) is 17.9. The first kappa shape index (κ1) is 33.2. The van der Waals surface area contributed by atoms with Crippen LogP contribution in [0.2, 0.25) is 0 Å². The van der Waals surface area contributed by atoms with E-state index in [0.29, 0.717) is 5.92 Å². The average molecular weight is 723 g/mol. The summed E-state index contributed by atoms with van der Waals surface area (Å²) in [6, 6.07) is 53.1. The topological polar surface area (TPSA) is 8.17 Å². The maximum atomic E-state index is 2.54. The fourth-order valence-corrected chi connectivity index (χ4v) is 9.94. The van der Waals surface area contributed by atoms with Crippen molar-refractivity contribution in [3.63, 3.8) is 0 Å². The second kappa shape index (κ2) is 12.7. The van der Waals surface area contributed by atoms with Crippen LogP contribution in [0.25, 0.3) is 55.0 Å². The Morgan fingerprint density at radius 3 is 2.07 bits per heavy atom. The Hall–Kier alpha value is -6.12. The van der Waals surface area contributed by atoms with Gasteiger partial charge in [-0.25, -0.2) is 0 Å². The zero-order chi connectivity index (χ0) is 37.5. The Kier molecular flexibility index (Phi) is 7.55. The molecule has 7 aromatic carbocycles. The quantitative estimate of drug-likeness (QED) is 0.166. The SMILES string of the molecule is Cc1ccc2c(c1)c1cc(C3=CCCC=C3)ccc1n2-c1cc2c(c3ccccc13)-c1ccc(N(c3ccccc3)c3ccc(C4CCC4)cc3)cc1C2(C)C. The number of anilines is 3. The summed E-state index contributed by atoms with van der Waals surface area (Å²) in [6.45, 7) is 7.06. The number of hydrogen-bond acceptors (Lipinski definition) is 1. The number of aromatic nitrogens is 1. The highest BCUT2D eigenvalue weighted by Crippen LogP contribution is 2.54. The standard InChI is InChI=1S/C54H46N2/c1-35-21-29-50-46(31-35)47-32-39(37-13-6-4-7-14-37)24-30-51(47)56(50)52-34-49-53(44-20-11-10-19-43(44)52)45-28-27-42(33-48(45)54(49,2)3)55(40-17-8-5-9-18-40)41-25-22-38(23-26-41)36-15-12-16-36/h5-6,8-11,13-14,17-34,36H,4,7,12,15-16H2,1-3H3. The van der Waals surface area contributed by atoms with Crippen LogP contribution < -0.4 is 4.90 Å². The van der Waals surface area contributed by atoms with Crippen LogP contribution in [0.3, 0.4) is 0 Å². The number of nitrogens with zero attached hydrogens (tertiary/aromatic N) is 2. The molecule has 56 heavy (non-hydrogen) atoms. The Bertz CT molecular complexity index is 2920. The summed E-state index contributed by atoms with van der Waals surface area (Å²) >= 11 is 0. The van der Waals surface area contributed by atoms with Gasteiger partial charge in [0.1, 0.15) is 0 Å². The second-order valence-electron chi connectivity index (χ2n) is 16.8. The van der Waals surface area contributed by atoms with E-state index in [1.807, 2.05) is 0 Å². The van der Waals surface area contributed by atoms with Crippen LogP contribution in [0.5, 0.6) is 0 Å². The number of aryl methyl sites for hydroxylation is 1. The first-order valence-electron chi connectivity index (χ1n) is 20.5. The molecule has 1 fully saturated rings. The predicted molar refractivity (Wildman–Crippen MR) is 238 cm³/mol. The average Bonchev–Trinajstić information content (AvgIpc) is 3.65. The van der Waals surface area contributed by atoms with Gasteiger partial charge in [-0.3, -0.25) is 0 Å². The minimum Gasteiger partial charge on any atom is -0.310 e. The Labute approximate surface area is 330 Å². The van der Waals surface area contributed by atoms with E-state index in [-0.39, 0.29) is 5.41 Å². The molecule has 0 saturated heterocycles. The van der Waals surface area contributed by atoms with Gasteiger partial charge in [0.05, 0.1) is 16.7 Å². The van der Waals surface area contributed by atoms with Gasteiger partial charge in [-0.05, 0) is 150 Å². The maximum Gasteiger partial charge on any atom is 0.0544 e. The Morgan fingerprint density at radius 2 is 1.32 bits per heavy atom. The van der Waals surface area contributed by atoms with E-state index >= 15 is 0 Å². The highest BCUT2D eigenvalue weighted by Gasteiger charge is 2.38. The van der Waals surface area contributed by atoms with Crippen LogP contribution in [-0.4, -0.2) is 4.57 Å². The summed E-state index contributed by atoms with van der Waals surface area (Å²) in [7, 11) is 0. The molecule has 0 atom stereocenters. The molecule has 8 aromatic rings. The fraction of sp³-hybridized carbons (Fsp3) is 0.185. The molecule has 0 unspecified atom stereocenters. The minimum absolute atomic E-state index is 0.224. The van der Waals surface area contributed by atoms with Crippen molar-refractivity contribution in [3.8, 4) is 16.8 Å². The van der Waals surface area contributed by atoms with E-state index in [4.69, 9.17) is 0 Å². The lowest BCUT2D eigenvalue weighted by Crippen LogP contribution is -2.17. The zero-order valence-electron chi connectivity index (χ0n) is 32.5. The van der Waals surface area contributed by atoms with Gasteiger partial charge in [-0.2, -0.15) is 0 Å². The van der Waals surface area contributed by atoms with Gasteiger partial charge < -0.3 is 9.47 Å². The van der Waals surface area contributed by atoms with Gasteiger partial charge >= 0.3 is 0 Å². The third-order valence-electron chi connectivity index (χ3n) is 13.1. The zero-order valence-corrected chi connectivity index (χ0v) is 32.5. The van der Waals surface area contributed by atoms with Crippen LogP contribution in [0.15, 0.2) is 158 Å². The molecule has 0 bridgehead atoms. The number of fused-ring (bicyclic) bond motifs is 8. The molecule has 1 aromatic heterocycles. The van der Waals surface area contributed by atoms with Crippen molar-refractivity contribution in [3.05, 3.63) is 186 Å². The van der Waals surface area contributed by atoms with E-state index < -0.39 is 0 Å². The van der Waals surface area contributed by atoms with Gasteiger partial charge in [-0.1, -0.05) is 117 Å². The van der Waals surface area contributed by atoms with E-state index in [1.54, 1.807) is 0 Å². The fourth-order valence-electron chi connectivity index (χ4n) is 9.94. The summed E-state index contributed by atoms with van der Waals surface area (Å²) in [6.07, 6.45) is 13.2. The molecule has 0 amide bonds. The predicted octanol–water partition coefficient (Wildman–Crippen LogP) is 15.0. The Morgan fingerprint density at radius 1 is 0.607 bits per heavy atom. The summed E-state index contributed by atoms with van der Waals surface area (Å²) in [5, 5.41) is 5.19. The molecule has 1 heterocycles. The van der Waals surface area contributed by atoms with E-state index in [1.165, 1.54) is 119 Å². The molecule has 2 nitrogen and oxygen atoms in total. The molecule has 0 spiro atoms. The lowest BCUT2D eigenvalue weighted by Gasteiger charge is -2.29. The third kappa shape index (κ3) is 5.08. The highest BCUT2D eigenvalue weighted by molar-refractivity contribution is 6.13. The molecule has 2 heteroatoms. The molecule has 0 N–H and O–H groups in total. The second-order valence-corrected chi connectivity index (χ2v) is 16.8. The molecule has 0 radical (unpaired) electrons. The Balaban J connectivity index is 1.09. The van der Waals surface area contributed by atoms with E-state index in [0.717, 1.165) is 12.8 Å². The highest BCUT2D eigenvalue weighted by atomic mass is 15.1. The summed E-state index contributed by atoms with van der Waals surface area (Å²) in [4.78, 5) is 2.43. The van der Waals surface area contributed by atoms with E-state index in [2.05, 4.69) is 188 Å². The van der Waals surface area contributed by atoms with Crippen LogP contribution in [0, 0.1) is 6.92 Å². The van der Waals surface area contributed by atoms with E-state index in [9.17, 15) is 0 Å². The van der Waals surface area contributed by atoms with Gasteiger partial charge in [0.25, 0.3) is 0 Å². The van der Waals surface area contributed by atoms with Gasteiger partial charge in [-0.15, -0.1) is 0 Å². The number of benzene rings is 7. The van der Waals surface area contributed by atoms with Crippen molar-refractivity contribution in [2.75, 3.05) is 4.90 Å². The summed E-state index contributed by atoms with van der Waals surface area (Å²) in [5.74, 6) is 0.717. The third-order valence-corrected chi connectivity index (χ3v) is 13.1. The first-order valence-corrected chi connectivity index (χ1v) is 20.5. The van der Waals surface area contributed by atoms with Gasteiger partial charge in [0, 0.05) is 38.6 Å². The minimum atomic E-state index is -0.224. The van der Waals surface area contributed by atoms with Crippen LogP contribution in [-0.2, 0) is 5.41 Å². The molecule has 3 aliphatic rings. The molecule has 1 saturated carbocycles. The monoisotopic (exact) mass is 722 g/mol. The molecular weight excluding hydrogens is 677 g/mol. The van der Waals surface area contributed by atoms with Crippen molar-refractivity contribution in [1.29, 1.82) is 0 Å². The van der Waals surface area contributed by atoms with Crippen LogP contribution in [0.4, 0.5) is 17.1 Å². The van der Waals surface area contributed by atoms with Gasteiger partial charge in [0.15, 0.2) is 0 Å². The van der Waals surface area contributed by atoms with Crippen molar-refractivity contribution in [2.24, 2.45) is 0 Å². The summed E-state index contributed by atoms with van der Waals surface area (Å²) < 4.78 is 2.54. The molecule has 3 aliphatic carbocycles. The van der Waals surface area contributed by atoms with Crippen molar-refractivity contribution < 1.29 is 0 Å². The normalized spacial score (nSPS) is 15.9. The van der Waals surface area contributed by atoms with Crippen molar-refractivity contribution >= 4 is 55.2 Å². The molecular formula is C54H46N2. The maximum absolute atomic E-state index is 2.54. The van der Waals surface area contributed by atoms with Crippen molar-refractivity contribution in [2.45, 2.75) is 64.2 Å². The first-order chi connectivity index (χ1) is 27.4. The number of para-hydroxylation sites is 1. The smallest absolute Gasteiger partial charge is 0.0544 e. The lowest BCUT2D eigenvalue weighted by atomic mass is 9.80. The van der Waals surface area contributed by atoms with Crippen LogP contribution in [0.1, 0.15) is 79.7 Å². The number of hydrogen-bond donors (Lipinski definition) is 0. The molecule has 0 aliphatic heterocycles.